The van der Waals surface area contributed by atoms with E-state index in [-0.39, 0.29) is 23.7 Å². The van der Waals surface area contributed by atoms with E-state index in [1.807, 2.05) is 4.90 Å². The highest BCUT2D eigenvalue weighted by Gasteiger charge is 2.45. The molecular formula is C11H17NO2. The van der Waals surface area contributed by atoms with Crippen LogP contribution in [0.4, 0.5) is 0 Å². The van der Waals surface area contributed by atoms with Gasteiger partial charge in [-0.2, -0.15) is 0 Å². The lowest BCUT2D eigenvalue weighted by atomic mass is 9.93. The maximum Gasteiger partial charge on any atom is 0.230 e. The van der Waals surface area contributed by atoms with Gasteiger partial charge in [-0.3, -0.25) is 9.59 Å². The molecule has 1 heterocycles. The highest BCUT2D eigenvalue weighted by Crippen LogP contribution is 2.43. The Bertz CT molecular complexity index is 279. The summed E-state index contributed by atoms with van der Waals surface area (Å²) in [5.41, 5.74) is -0.0300. The average molecular weight is 195 g/mol. The van der Waals surface area contributed by atoms with E-state index in [2.05, 4.69) is 13.8 Å². The number of amides is 1. The minimum atomic E-state index is -0.0300. The molecule has 0 radical (unpaired) electrons. The Labute approximate surface area is 84.5 Å². The molecule has 14 heavy (non-hydrogen) atoms. The van der Waals surface area contributed by atoms with E-state index >= 15 is 0 Å². The van der Waals surface area contributed by atoms with Crippen molar-refractivity contribution in [2.45, 2.75) is 45.1 Å². The van der Waals surface area contributed by atoms with Crippen molar-refractivity contribution in [2.75, 3.05) is 6.54 Å². The summed E-state index contributed by atoms with van der Waals surface area (Å²) in [7, 11) is 0. The SMILES string of the molecule is CC(C)(C1CC1)N1CCC(=O)CC1=O. The molecule has 0 spiro atoms. The summed E-state index contributed by atoms with van der Waals surface area (Å²) in [4.78, 5) is 24.7. The molecule has 78 valence electrons. The molecule has 0 unspecified atom stereocenters. The van der Waals surface area contributed by atoms with Crippen molar-refractivity contribution in [1.29, 1.82) is 0 Å². The lowest BCUT2D eigenvalue weighted by molar-refractivity contribution is -0.144. The van der Waals surface area contributed by atoms with E-state index in [9.17, 15) is 9.59 Å². The van der Waals surface area contributed by atoms with Crippen LogP contribution in [0, 0.1) is 5.92 Å². The number of nitrogens with zero attached hydrogens (tertiary/aromatic N) is 1. The number of Topliss-reactive ketones (excluding diaryl/α,β-unsaturated/α-hetero) is 1. The minimum Gasteiger partial charge on any atom is -0.336 e. The van der Waals surface area contributed by atoms with Crippen molar-refractivity contribution in [3.63, 3.8) is 0 Å². The lowest BCUT2D eigenvalue weighted by Crippen LogP contribution is -2.52. The summed E-state index contributed by atoms with van der Waals surface area (Å²) < 4.78 is 0. The number of carbonyl (C=O) groups excluding carboxylic acids is 2. The first kappa shape index (κ1) is 9.69. The monoisotopic (exact) mass is 195 g/mol. The maximum absolute atomic E-state index is 11.7. The fraction of sp³-hybridized carbons (Fsp3) is 0.818. The first-order chi connectivity index (χ1) is 6.51. The fourth-order valence-corrected chi connectivity index (χ4v) is 2.33. The zero-order chi connectivity index (χ0) is 10.3. The Morgan fingerprint density at radius 1 is 1.29 bits per heavy atom. The van der Waals surface area contributed by atoms with Gasteiger partial charge in [0.15, 0.2) is 0 Å². The summed E-state index contributed by atoms with van der Waals surface area (Å²) in [6.07, 6.45) is 3.12. The molecule has 2 fully saturated rings. The van der Waals surface area contributed by atoms with E-state index in [0.717, 1.165) is 0 Å². The quantitative estimate of drug-likeness (QED) is 0.624. The molecule has 0 aromatic carbocycles. The molecule has 1 aliphatic carbocycles. The van der Waals surface area contributed by atoms with Gasteiger partial charge in [-0.15, -0.1) is 0 Å². The van der Waals surface area contributed by atoms with Crippen LogP contribution in [0.15, 0.2) is 0 Å². The zero-order valence-electron chi connectivity index (χ0n) is 8.88. The van der Waals surface area contributed by atoms with Gasteiger partial charge in [-0.1, -0.05) is 0 Å². The van der Waals surface area contributed by atoms with Crippen molar-refractivity contribution < 1.29 is 9.59 Å². The molecule has 2 rings (SSSR count). The molecule has 0 atom stereocenters. The smallest absolute Gasteiger partial charge is 0.230 e. The van der Waals surface area contributed by atoms with Crippen molar-refractivity contribution in [3.05, 3.63) is 0 Å². The number of piperidine rings is 1. The average Bonchev–Trinajstić information content (AvgIpc) is 2.84. The van der Waals surface area contributed by atoms with Gasteiger partial charge in [0.25, 0.3) is 0 Å². The topological polar surface area (TPSA) is 37.4 Å². The van der Waals surface area contributed by atoms with Crippen LogP contribution >= 0.6 is 0 Å². The first-order valence-corrected chi connectivity index (χ1v) is 5.34. The molecule has 3 heteroatoms. The van der Waals surface area contributed by atoms with E-state index in [1.54, 1.807) is 0 Å². The summed E-state index contributed by atoms with van der Waals surface area (Å²) in [5, 5.41) is 0. The second-order valence-corrected chi connectivity index (χ2v) is 4.94. The van der Waals surface area contributed by atoms with Gasteiger partial charge >= 0.3 is 0 Å². The van der Waals surface area contributed by atoms with Crippen molar-refractivity contribution in [2.24, 2.45) is 5.92 Å². The third-order valence-electron chi connectivity index (χ3n) is 3.54. The second kappa shape index (κ2) is 3.07. The van der Waals surface area contributed by atoms with Crippen LogP contribution in [0.3, 0.4) is 0 Å². The maximum atomic E-state index is 11.7. The van der Waals surface area contributed by atoms with Crippen LogP contribution < -0.4 is 0 Å². The molecular weight excluding hydrogens is 178 g/mol. The molecule has 1 amide bonds. The Hall–Kier alpha value is -0.860. The van der Waals surface area contributed by atoms with Crippen LogP contribution in [-0.2, 0) is 9.59 Å². The zero-order valence-corrected chi connectivity index (χ0v) is 8.88. The van der Waals surface area contributed by atoms with Gasteiger partial charge in [-0.25, -0.2) is 0 Å². The lowest BCUT2D eigenvalue weighted by Gasteiger charge is -2.41. The summed E-state index contributed by atoms with van der Waals surface area (Å²) in [6.45, 7) is 4.87. The van der Waals surface area contributed by atoms with Crippen LogP contribution in [0.1, 0.15) is 39.5 Å². The highest BCUT2D eigenvalue weighted by molar-refractivity contribution is 6.00. The van der Waals surface area contributed by atoms with Crippen molar-refractivity contribution in [1.82, 2.24) is 4.90 Å². The van der Waals surface area contributed by atoms with Crippen LogP contribution in [0.25, 0.3) is 0 Å². The van der Waals surface area contributed by atoms with Crippen LogP contribution in [-0.4, -0.2) is 28.7 Å². The molecule has 2 aliphatic rings. The van der Waals surface area contributed by atoms with Gasteiger partial charge in [-0.05, 0) is 32.6 Å². The third-order valence-corrected chi connectivity index (χ3v) is 3.54. The fourth-order valence-electron chi connectivity index (χ4n) is 2.33. The number of likely N-dealkylation sites (tertiary alicyclic amines) is 1. The normalized spacial score (nSPS) is 24.3. The molecule has 0 aromatic rings. The van der Waals surface area contributed by atoms with Gasteiger partial charge in [0, 0.05) is 18.5 Å². The van der Waals surface area contributed by atoms with E-state index < -0.39 is 0 Å². The number of ketones is 1. The Morgan fingerprint density at radius 2 is 1.93 bits per heavy atom. The molecule has 0 aromatic heterocycles. The largest absolute Gasteiger partial charge is 0.336 e. The van der Waals surface area contributed by atoms with Gasteiger partial charge in [0.2, 0.25) is 5.91 Å². The van der Waals surface area contributed by atoms with Gasteiger partial charge < -0.3 is 4.90 Å². The van der Waals surface area contributed by atoms with E-state index in [4.69, 9.17) is 0 Å². The minimum absolute atomic E-state index is 0.0261. The number of hydrogen-bond acceptors (Lipinski definition) is 2. The molecule has 1 saturated heterocycles. The Morgan fingerprint density at radius 3 is 2.43 bits per heavy atom. The van der Waals surface area contributed by atoms with Crippen molar-refractivity contribution in [3.8, 4) is 0 Å². The van der Waals surface area contributed by atoms with Gasteiger partial charge in [0.1, 0.15) is 5.78 Å². The molecule has 1 saturated carbocycles. The van der Waals surface area contributed by atoms with E-state index in [0.29, 0.717) is 18.9 Å². The van der Waals surface area contributed by atoms with E-state index in [1.165, 1.54) is 12.8 Å². The standard InChI is InChI=1S/C11H17NO2/c1-11(2,8-3-4-8)12-6-5-9(13)7-10(12)14/h8H,3-7H2,1-2H3. The Kier molecular flexibility index (Phi) is 2.13. The second-order valence-electron chi connectivity index (χ2n) is 4.94. The first-order valence-electron chi connectivity index (χ1n) is 5.34. The molecule has 3 nitrogen and oxygen atoms in total. The number of hydrogen-bond donors (Lipinski definition) is 0. The predicted octanol–water partition coefficient (Wildman–Crippen LogP) is 1.37. The predicted molar refractivity (Wildman–Crippen MR) is 52.8 cm³/mol. The summed E-state index contributed by atoms with van der Waals surface area (Å²) >= 11 is 0. The third kappa shape index (κ3) is 1.56. The highest BCUT2D eigenvalue weighted by atomic mass is 16.2. The Balaban J connectivity index is 2.09. The molecule has 1 aliphatic heterocycles. The number of carbonyl (C=O) groups is 2. The molecule has 0 N–H and O–H groups in total. The van der Waals surface area contributed by atoms with Crippen LogP contribution in [0.2, 0.25) is 0 Å². The summed E-state index contributed by atoms with van der Waals surface area (Å²) in [5.74, 6) is 0.774. The molecule has 0 bridgehead atoms. The number of rotatable bonds is 2. The summed E-state index contributed by atoms with van der Waals surface area (Å²) in [6, 6.07) is 0. The van der Waals surface area contributed by atoms with Crippen molar-refractivity contribution >= 4 is 11.7 Å². The van der Waals surface area contributed by atoms with Crippen LogP contribution in [0.5, 0.6) is 0 Å². The van der Waals surface area contributed by atoms with Gasteiger partial charge in [0.05, 0.1) is 6.42 Å².